The predicted octanol–water partition coefficient (Wildman–Crippen LogP) is 11.0. The average molecular weight is 512 g/mol. The van der Waals surface area contributed by atoms with Gasteiger partial charge in [-0.25, -0.2) is 0 Å². The first-order valence-electron chi connectivity index (χ1n) is 13.6. The van der Waals surface area contributed by atoms with Gasteiger partial charge in [0, 0.05) is 33.9 Å². The number of benzene rings is 7. The first-order valence-corrected chi connectivity index (χ1v) is 13.6. The quantitative estimate of drug-likeness (QED) is 0.234. The molecule has 0 fully saturated rings. The minimum absolute atomic E-state index is 0.879. The SMILES string of the molecule is c1ccc(N(c2ccccc2)c2ccc3c(c2)oc2cc(-c4cccc5ccccc45)c4ccccc4c23)cc1. The molecule has 0 amide bonds. The van der Waals surface area contributed by atoms with Gasteiger partial charge in [-0.2, -0.15) is 0 Å². The Hall–Kier alpha value is -5.34. The van der Waals surface area contributed by atoms with E-state index >= 15 is 0 Å². The number of para-hydroxylation sites is 2. The molecule has 0 unspecified atom stereocenters. The first-order chi connectivity index (χ1) is 19.8. The van der Waals surface area contributed by atoms with Crippen molar-refractivity contribution in [2.24, 2.45) is 0 Å². The summed E-state index contributed by atoms with van der Waals surface area (Å²) in [6.45, 7) is 0. The number of furan rings is 1. The zero-order valence-electron chi connectivity index (χ0n) is 21.8. The van der Waals surface area contributed by atoms with E-state index in [2.05, 4.69) is 144 Å². The molecule has 0 N–H and O–H groups in total. The molecule has 188 valence electrons. The molecule has 8 rings (SSSR count). The van der Waals surface area contributed by atoms with Gasteiger partial charge in [-0.05, 0) is 75.1 Å². The molecule has 0 atom stereocenters. The van der Waals surface area contributed by atoms with Crippen LogP contribution in [0.1, 0.15) is 0 Å². The highest BCUT2D eigenvalue weighted by molar-refractivity contribution is 6.23. The fourth-order valence-electron chi connectivity index (χ4n) is 6.05. The minimum Gasteiger partial charge on any atom is -0.456 e. The lowest BCUT2D eigenvalue weighted by Crippen LogP contribution is -2.09. The van der Waals surface area contributed by atoms with E-state index in [-0.39, 0.29) is 0 Å². The van der Waals surface area contributed by atoms with Crippen LogP contribution in [-0.2, 0) is 0 Å². The third kappa shape index (κ3) is 3.58. The van der Waals surface area contributed by atoms with E-state index in [1.165, 1.54) is 32.7 Å². The highest BCUT2D eigenvalue weighted by Gasteiger charge is 2.18. The van der Waals surface area contributed by atoms with Crippen molar-refractivity contribution >= 4 is 60.5 Å². The number of hydrogen-bond acceptors (Lipinski definition) is 2. The highest BCUT2D eigenvalue weighted by Crippen LogP contribution is 2.43. The molecule has 0 radical (unpaired) electrons. The predicted molar refractivity (Wildman–Crippen MR) is 169 cm³/mol. The summed E-state index contributed by atoms with van der Waals surface area (Å²) in [4.78, 5) is 2.27. The van der Waals surface area contributed by atoms with Crippen LogP contribution >= 0.6 is 0 Å². The third-order valence-corrected chi connectivity index (χ3v) is 7.83. The molecule has 0 saturated carbocycles. The van der Waals surface area contributed by atoms with Gasteiger partial charge < -0.3 is 9.32 Å². The van der Waals surface area contributed by atoms with Gasteiger partial charge in [-0.1, -0.05) is 103 Å². The van der Waals surface area contributed by atoms with Crippen molar-refractivity contribution in [2.75, 3.05) is 4.90 Å². The van der Waals surface area contributed by atoms with Crippen molar-refractivity contribution in [2.45, 2.75) is 0 Å². The fraction of sp³-hybridized carbons (Fsp3) is 0. The van der Waals surface area contributed by atoms with Crippen LogP contribution in [0.5, 0.6) is 0 Å². The Morgan fingerprint density at radius 2 is 1.00 bits per heavy atom. The zero-order valence-corrected chi connectivity index (χ0v) is 21.8. The van der Waals surface area contributed by atoms with Gasteiger partial charge >= 0.3 is 0 Å². The molecular weight excluding hydrogens is 486 g/mol. The van der Waals surface area contributed by atoms with Crippen LogP contribution in [0.25, 0.3) is 54.6 Å². The summed E-state index contributed by atoms with van der Waals surface area (Å²) in [7, 11) is 0. The number of anilines is 3. The van der Waals surface area contributed by atoms with Crippen molar-refractivity contribution in [3.63, 3.8) is 0 Å². The molecule has 8 aromatic rings. The number of nitrogens with zero attached hydrogens (tertiary/aromatic N) is 1. The van der Waals surface area contributed by atoms with Crippen molar-refractivity contribution < 1.29 is 4.42 Å². The topological polar surface area (TPSA) is 16.4 Å². The molecule has 0 bridgehead atoms. The molecule has 0 spiro atoms. The van der Waals surface area contributed by atoms with E-state index in [9.17, 15) is 0 Å². The van der Waals surface area contributed by atoms with Gasteiger partial charge in [0.25, 0.3) is 0 Å². The maximum Gasteiger partial charge on any atom is 0.137 e. The highest BCUT2D eigenvalue weighted by atomic mass is 16.3. The fourth-order valence-corrected chi connectivity index (χ4v) is 6.05. The van der Waals surface area contributed by atoms with E-state index in [4.69, 9.17) is 4.42 Å². The lowest BCUT2D eigenvalue weighted by Gasteiger charge is -2.25. The Bertz CT molecular complexity index is 2120. The van der Waals surface area contributed by atoms with Gasteiger partial charge in [0.2, 0.25) is 0 Å². The molecule has 2 nitrogen and oxygen atoms in total. The molecular formula is C38H25NO. The van der Waals surface area contributed by atoms with E-state index in [1.54, 1.807) is 0 Å². The van der Waals surface area contributed by atoms with Gasteiger partial charge in [-0.3, -0.25) is 0 Å². The van der Waals surface area contributed by atoms with Gasteiger partial charge in [0.15, 0.2) is 0 Å². The van der Waals surface area contributed by atoms with E-state index in [1.807, 2.05) is 12.1 Å². The summed E-state index contributed by atoms with van der Waals surface area (Å²) in [5, 5.41) is 7.20. The van der Waals surface area contributed by atoms with Gasteiger partial charge in [0.1, 0.15) is 11.2 Å². The van der Waals surface area contributed by atoms with Crippen LogP contribution in [0.15, 0.2) is 156 Å². The van der Waals surface area contributed by atoms with Gasteiger partial charge in [-0.15, -0.1) is 0 Å². The minimum atomic E-state index is 0.879. The lowest BCUT2D eigenvalue weighted by molar-refractivity contribution is 0.669. The second kappa shape index (κ2) is 9.14. The standard InChI is InChI=1S/C38H25NO/c1-3-14-27(15-4-1)39(28-16-5-2-6-17-28)29-22-23-34-36(24-29)40-37-25-35(32-19-9-10-20-33(32)38(34)37)31-21-11-13-26-12-7-8-18-30(26)31/h1-25H. The van der Waals surface area contributed by atoms with E-state index in [0.717, 1.165) is 39.0 Å². The zero-order chi connectivity index (χ0) is 26.5. The Labute approximate surface area is 232 Å². The normalized spacial score (nSPS) is 11.5. The Balaban J connectivity index is 1.38. The van der Waals surface area contributed by atoms with Crippen LogP contribution in [0, 0.1) is 0 Å². The maximum absolute atomic E-state index is 6.67. The summed E-state index contributed by atoms with van der Waals surface area (Å²) in [5.41, 5.74) is 7.46. The van der Waals surface area contributed by atoms with Gasteiger partial charge in [0.05, 0.1) is 0 Å². The summed E-state index contributed by atoms with van der Waals surface area (Å²) in [6, 6.07) is 53.6. The summed E-state index contributed by atoms with van der Waals surface area (Å²) < 4.78 is 6.67. The lowest BCUT2D eigenvalue weighted by atomic mass is 9.92. The van der Waals surface area contributed by atoms with Crippen LogP contribution in [-0.4, -0.2) is 0 Å². The molecule has 0 saturated heterocycles. The first kappa shape index (κ1) is 22.6. The molecule has 1 aromatic heterocycles. The van der Waals surface area contributed by atoms with Crippen LogP contribution in [0.2, 0.25) is 0 Å². The molecule has 0 aliphatic rings. The Morgan fingerprint density at radius 1 is 0.375 bits per heavy atom. The van der Waals surface area contributed by atoms with Crippen LogP contribution in [0.4, 0.5) is 17.1 Å². The van der Waals surface area contributed by atoms with Crippen molar-refractivity contribution in [3.8, 4) is 11.1 Å². The largest absolute Gasteiger partial charge is 0.456 e. The number of hydrogen-bond donors (Lipinski definition) is 0. The van der Waals surface area contributed by atoms with Crippen LogP contribution in [0.3, 0.4) is 0 Å². The van der Waals surface area contributed by atoms with Crippen LogP contribution < -0.4 is 4.90 Å². The van der Waals surface area contributed by atoms with Crippen molar-refractivity contribution in [1.29, 1.82) is 0 Å². The molecule has 0 aliphatic heterocycles. The molecule has 0 aliphatic carbocycles. The average Bonchev–Trinajstić information content (AvgIpc) is 3.40. The summed E-state index contributed by atoms with van der Waals surface area (Å²) >= 11 is 0. The van der Waals surface area contributed by atoms with Crippen molar-refractivity contribution in [3.05, 3.63) is 152 Å². The van der Waals surface area contributed by atoms with E-state index in [0.29, 0.717) is 0 Å². The second-order valence-electron chi connectivity index (χ2n) is 10.2. The Morgan fingerprint density at radius 3 is 1.75 bits per heavy atom. The Kier molecular flexibility index (Phi) is 5.17. The molecule has 7 aromatic carbocycles. The summed E-state index contributed by atoms with van der Waals surface area (Å²) in [6.07, 6.45) is 0. The summed E-state index contributed by atoms with van der Waals surface area (Å²) in [5.74, 6) is 0. The molecule has 1 heterocycles. The number of rotatable bonds is 4. The number of fused-ring (bicyclic) bond motifs is 6. The second-order valence-corrected chi connectivity index (χ2v) is 10.2. The van der Waals surface area contributed by atoms with E-state index < -0.39 is 0 Å². The third-order valence-electron chi connectivity index (χ3n) is 7.83. The molecule has 40 heavy (non-hydrogen) atoms. The smallest absolute Gasteiger partial charge is 0.137 e. The maximum atomic E-state index is 6.67. The monoisotopic (exact) mass is 511 g/mol. The molecule has 2 heteroatoms. The van der Waals surface area contributed by atoms with Crippen molar-refractivity contribution in [1.82, 2.24) is 0 Å².